The van der Waals surface area contributed by atoms with Crippen LogP contribution in [0.15, 0.2) is 40.9 Å². The van der Waals surface area contributed by atoms with Gasteiger partial charge in [-0.15, -0.1) is 0 Å². The van der Waals surface area contributed by atoms with Crippen LogP contribution in [0.4, 0.5) is 10.3 Å². The van der Waals surface area contributed by atoms with Crippen LogP contribution >= 0.6 is 15.9 Å². The number of ether oxygens (including phenoxy) is 2. The highest BCUT2D eigenvalue weighted by atomic mass is 79.9. The van der Waals surface area contributed by atoms with Crippen LogP contribution in [0.1, 0.15) is 37.8 Å². The molecule has 2 aromatic carbocycles. The van der Waals surface area contributed by atoms with Crippen molar-refractivity contribution >= 4 is 21.9 Å². The second-order valence-electron chi connectivity index (χ2n) is 6.69. The third-order valence-electron chi connectivity index (χ3n) is 4.37. The van der Waals surface area contributed by atoms with E-state index in [1.165, 1.54) is 12.1 Å². The zero-order valence-electron chi connectivity index (χ0n) is 17.1. The molecule has 0 atom stereocenters. The van der Waals surface area contributed by atoms with E-state index in [2.05, 4.69) is 43.7 Å². The standard InChI is InChI=1S/C21H25BrFN5O2/c1-3-5-10-28-21(25-26-27-28)24-13-16-11-18(22)20(19(12-16)29-4-2)30-14-15-6-8-17(23)9-7-15/h6-9,11-12H,3-5,10,13-14H2,1-2H3,(H,24,25,27). The molecule has 0 bridgehead atoms. The summed E-state index contributed by atoms with van der Waals surface area (Å²) in [5.41, 5.74) is 1.86. The minimum atomic E-state index is -0.271. The zero-order chi connectivity index (χ0) is 21.3. The van der Waals surface area contributed by atoms with E-state index in [4.69, 9.17) is 9.47 Å². The second kappa shape index (κ2) is 10.9. The Morgan fingerprint density at radius 2 is 1.90 bits per heavy atom. The molecule has 0 saturated carbocycles. The number of nitrogens with zero attached hydrogens (tertiary/aromatic N) is 4. The number of rotatable bonds is 11. The van der Waals surface area contributed by atoms with Crippen molar-refractivity contribution in [2.45, 2.75) is 46.4 Å². The molecule has 0 amide bonds. The Kier molecular flexibility index (Phi) is 8.01. The summed E-state index contributed by atoms with van der Waals surface area (Å²) in [6, 6.07) is 10.1. The van der Waals surface area contributed by atoms with Crippen LogP contribution in [-0.2, 0) is 19.7 Å². The minimum Gasteiger partial charge on any atom is -0.490 e. The Labute approximate surface area is 183 Å². The van der Waals surface area contributed by atoms with Crippen molar-refractivity contribution in [3.63, 3.8) is 0 Å². The topological polar surface area (TPSA) is 74.1 Å². The van der Waals surface area contributed by atoms with Gasteiger partial charge in [-0.2, -0.15) is 0 Å². The smallest absolute Gasteiger partial charge is 0.243 e. The predicted octanol–water partition coefficient (Wildman–Crippen LogP) is 4.96. The first-order chi connectivity index (χ1) is 14.6. The lowest BCUT2D eigenvalue weighted by Crippen LogP contribution is -2.09. The van der Waals surface area contributed by atoms with E-state index in [9.17, 15) is 4.39 Å². The van der Waals surface area contributed by atoms with Crippen molar-refractivity contribution in [2.24, 2.45) is 0 Å². The van der Waals surface area contributed by atoms with E-state index in [0.717, 1.165) is 35.0 Å². The van der Waals surface area contributed by atoms with E-state index in [-0.39, 0.29) is 5.82 Å². The van der Waals surface area contributed by atoms with Crippen LogP contribution in [0.25, 0.3) is 0 Å². The summed E-state index contributed by atoms with van der Waals surface area (Å²) in [7, 11) is 0. The molecule has 160 valence electrons. The third-order valence-corrected chi connectivity index (χ3v) is 4.96. The molecular formula is C21H25BrFN5O2. The second-order valence-corrected chi connectivity index (χ2v) is 7.54. The third kappa shape index (κ3) is 5.91. The molecule has 3 aromatic rings. The molecule has 1 N–H and O–H groups in total. The highest BCUT2D eigenvalue weighted by Gasteiger charge is 2.14. The number of hydrogen-bond donors (Lipinski definition) is 1. The van der Waals surface area contributed by atoms with Gasteiger partial charge < -0.3 is 14.8 Å². The maximum absolute atomic E-state index is 13.1. The fraction of sp³-hybridized carbons (Fsp3) is 0.381. The predicted molar refractivity (Wildman–Crippen MR) is 116 cm³/mol. The summed E-state index contributed by atoms with van der Waals surface area (Å²) in [6.07, 6.45) is 2.09. The van der Waals surface area contributed by atoms with Crippen molar-refractivity contribution in [3.05, 3.63) is 57.8 Å². The Bertz CT molecular complexity index is 949. The maximum atomic E-state index is 13.1. The molecule has 0 aliphatic heterocycles. The lowest BCUT2D eigenvalue weighted by atomic mass is 10.2. The molecule has 0 radical (unpaired) electrons. The first-order valence-electron chi connectivity index (χ1n) is 9.93. The van der Waals surface area contributed by atoms with Gasteiger partial charge in [0.25, 0.3) is 0 Å². The average molecular weight is 478 g/mol. The summed E-state index contributed by atoms with van der Waals surface area (Å²) in [6.45, 7) is 6.17. The van der Waals surface area contributed by atoms with E-state index in [1.807, 2.05) is 19.1 Å². The molecule has 0 unspecified atom stereocenters. The molecule has 1 aromatic heterocycles. The maximum Gasteiger partial charge on any atom is 0.243 e. The van der Waals surface area contributed by atoms with Crippen molar-refractivity contribution in [1.82, 2.24) is 20.2 Å². The molecule has 30 heavy (non-hydrogen) atoms. The van der Waals surface area contributed by atoms with Crippen LogP contribution in [0.5, 0.6) is 11.5 Å². The van der Waals surface area contributed by atoms with Gasteiger partial charge >= 0.3 is 0 Å². The highest BCUT2D eigenvalue weighted by Crippen LogP contribution is 2.37. The first kappa shape index (κ1) is 22.0. The number of nitrogens with one attached hydrogen (secondary N) is 1. The minimum absolute atomic E-state index is 0.271. The molecule has 3 rings (SSSR count). The molecule has 0 aliphatic rings. The van der Waals surface area contributed by atoms with Crippen LogP contribution in [0.2, 0.25) is 0 Å². The molecule has 0 saturated heterocycles. The average Bonchev–Trinajstić information content (AvgIpc) is 3.19. The number of benzene rings is 2. The van der Waals surface area contributed by atoms with E-state index in [0.29, 0.717) is 37.2 Å². The van der Waals surface area contributed by atoms with Crippen LogP contribution in [0, 0.1) is 5.82 Å². The van der Waals surface area contributed by atoms with Gasteiger partial charge in [0.15, 0.2) is 11.5 Å². The Balaban J connectivity index is 1.70. The van der Waals surface area contributed by atoms with Crippen molar-refractivity contribution < 1.29 is 13.9 Å². The van der Waals surface area contributed by atoms with Gasteiger partial charge in [-0.05, 0) is 75.1 Å². The summed E-state index contributed by atoms with van der Waals surface area (Å²) < 4.78 is 27.4. The van der Waals surface area contributed by atoms with Crippen LogP contribution < -0.4 is 14.8 Å². The summed E-state index contributed by atoms with van der Waals surface area (Å²) in [5, 5.41) is 15.1. The first-order valence-corrected chi connectivity index (χ1v) is 10.7. The fourth-order valence-electron chi connectivity index (χ4n) is 2.83. The van der Waals surface area contributed by atoms with Crippen LogP contribution in [0.3, 0.4) is 0 Å². The Morgan fingerprint density at radius 3 is 2.63 bits per heavy atom. The summed E-state index contributed by atoms with van der Waals surface area (Å²) in [5.74, 6) is 1.61. The molecular weight excluding hydrogens is 453 g/mol. The fourth-order valence-corrected chi connectivity index (χ4v) is 3.44. The number of anilines is 1. The lowest BCUT2D eigenvalue weighted by molar-refractivity contribution is 0.267. The SMILES string of the molecule is CCCCn1nnnc1NCc1cc(Br)c(OCc2ccc(F)cc2)c(OCC)c1. The molecule has 0 spiro atoms. The Morgan fingerprint density at radius 1 is 1.10 bits per heavy atom. The van der Waals surface area contributed by atoms with Gasteiger partial charge in [0.1, 0.15) is 12.4 Å². The van der Waals surface area contributed by atoms with E-state index in [1.54, 1.807) is 16.8 Å². The van der Waals surface area contributed by atoms with Gasteiger partial charge in [0, 0.05) is 13.1 Å². The normalized spacial score (nSPS) is 10.8. The number of hydrogen-bond acceptors (Lipinski definition) is 6. The van der Waals surface area contributed by atoms with Gasteiger partial charge in [0.2, 0.25) is 5.95 Å². The number of halogens is 2. The van der Waals surface area contributed by atoms with Gasteiger partial charge in [-0.3, -0.25) is 0 Å². The Hall–Kier alpha value is -2.68. The van der Waals surface area contributed by atoms with Crippen molar-refractivity contribution in [2.75, 3.05) is 11.9 Å². The van der Waals surface area contributed by atoms with Crippen molar-refractivity contribution in [3.8, 4) is 11.5 Å². The van der Waals surface area contributed by atoms with E-state index < -0.39 is 0 Å². The van der Waals surface area contributed by atoms with Crippen LogP contribution in [-0.4, -0.2) is 26.8 Å². The molecule has 0 aliphatic carbocycles. The number of tetrazole rings is 1. The molecule has 7 nitrogen and oxygen atoms in total. The molecule has 9 heteroatoms. The number of unbranched alkanes of at least 4 members (excludes halogenated alkanes) is 1. The zero-order valence-corrected chi connectivity index (χ0v) is 18.7. The number of aromatic nitrogens is 4. The number of aryl methyl sites for hydroxylation is 1. The van der Waals surface area contributed by atoms with Gasteiger partial charge in [0.05, 0.1) is 11.1 Å². The van der Waals surface area contributed by atoms with Gasteiger partial charge in [-0.25, -0.2) is 9.07 Å². The monoisotopic (exact) mass is 477 g/mol. The quantitative estimate of drug-likeness (QED) is 0.420. The largest absolute Gasteiger partial charge is 0.490 e. The van der Waals surface area contributed by atoms with E-state index >= 15 is 0 Å². The molecule has 1 heterocycles. The summed E-state index contributed by atoms with van der Waals surface area (Å²) >= 11 is 3.58. The summed E-state index contributed by atoms with van der Waals surface area (Å²) in [4.78, 5) is 0. The highest BCUT2D eigenvalue weighted by molar-refractivity contribution is 9.10. The van der Waals surface area contributed by atoms with Crippen molar-refractivity contribution in [1.29, 1.82) is 0 Å². The lowest BCUT2D eigenvalue weighted by Gasteiger charge is -2.16. The van der Waals surface area contributed by atoms with Gasteiger partial charge in [-0.1, -0.05) is 30.6 Å². The molecule has 0 fully saturated rings.